The lowest BCUT2D eigenvalue weighted by molar-refractivity contribution is -0.140. The van der Waals surface area contributed by atoms with Crippen LogP contribution in [0.4, 0.5) is 0 Å². The third-order valence-corrected chi connectivity index (χ3v) is 3.58. The fourth-order valence-electron chi connectivity index (χ4n) is 0.637. The molecular weight excluding hydrogens is 183 g/mol. The lowest BCUT2D eigenvalue weighted by atomic mass is 10.2. The molecule has 0 rings (SSSR count). The third kappa shape index (κ3) is 3.34. The molecule has 1 atom stereocenters. The number of rotatable bonds is 5. The van der Waals surface area contributed by atoms with Crippen molar-refractivity contribution in [2.24, 2.45) is 5.92 Å². The Kier molecular flexibility index (Phi) is 4.45. The van der Waals surface area contributed by atoms with Crippen molar-refractivity contribution in [1.82, 2.24) is 0 Å². The molecule has 0 radical (unpaired) electrons. The van der Waals surface area contributed by atoms with Crippen LogP contribution in [0.5, 0.6) is 0 Å². The van der Waals surface area contributed by atoms with Gasteiger partial charge in [0.1, 0.15) is 0 Å². The van der Waals surface area contributed by atoms with Crippen LogP contribution in [0.25, 0.3) is 0 Å². The summed E-state index contributed by atoms with van der Waals surface area (Å²) in [4.78, 5) is 10.4. The zero-order valence-electron chi connectivity index (χ0n) is 7.31. The lowest BCUT2D eigenvalue weighted by Gasteiger charge is -2.15. The number of aliphatic carboxylic acids is 1. The summed E-state index contributed by atoms with van der Waals surface area (Å²) in [6.45, 7) is 1.45. The molecule has 0 saturated heterocycles. The summed E-state index contributed by atoms with van der Waals surface area (Å²) >= 11 is 0. The van der Waals surface area contributed by atoms with Gasteiger partial charge in [0.15, 0.2) is 0 Å². The normalized spacial score (nSPS) is 14.2. The summed E-state index contributed by atoms with van der Waals surface area (Å²) in [6.07, 6.45) is -0.102. The molecule has 12 heavy (non-hydrogen) atoms. The standard InChI is InChI=1S/C6H13O5P/c1-5(6(7)8)4-12(9,10-2)11-3/h5H,4H2,1-3H3,(H,7,8). The summed E-state index contributed by atoms with van der Waals surface area (Å²) in [7, 11) is -0.702. The molecule has 5 nitrogen and oxygen atoms in total. The Bertz CT molecular complexity index is 194. The topological polar surface area (TPSA) is 72.8 Å². The first-order valence-electron chi connectivity index (χ1n) is 3.38. The second kappa shape index (κ2) is 4.60. The molecule has 72 valence electrons. The van der Waals surface area contributed by atoms with E-state index in [1.165, 1.54) is 21.1 Å². The van der Waals surface area contributed by atoms with E-state index in [1.807, 2.05) is 0 Å². The van der Waals surface area contributed by atoms with E-state index in [0.29, 0.717) is 0 Å². The summed E-state index contributed by atoms with van der Waals surface area (Å²) < 4.78 is 20.5. The molecular formula is C6H13O5P. The van der Waals surface area contributed by atoms with Gasteiger partial charge in [0, 0.05) is 14.2 Å². The van der Waals surface area contributed by atoms with Gasteiger partial charge in [0.2, 0.25) is 0 Å². The van der Waals surface area contributed by atoms with E-state index in [0.717, 1.165) is 0 Å². The molecule has 0 spiro atoms. The Balaban J connectivity index is 4.22. The van der Waals surface area contributed by atoms with Gasteiger partial charge in [0.05, 0.1) is 12.1 Å². The van der Waals surface area contributed by atoms with Crippen LogP contribution < -0.4 is 0 Å². The molecule has 0 aromatic heterocycles. The molecule has 0 aliphatic rings. The van der Waals surface area contributed by atoms with Gasteiger partial charge in [0.25, 0.3) is 0 Å². The van der Waals surface area contributed by atoms with E-state index in [1.54, 1.807) is 0 Å². The van der Waals surface area contributed by atoms with Crippen molar-refractivity contribution >= 4 is 13.6 Å². The van der Waals surface area contributed by atoms with Gasteiger partial charge in [-0.2, -0.15) is 0 Å². The fourth-order valence-corrected chi connectivity index (χ4v) is 1.91. The van der Waals surface area contributed by atoms with Gasteiger partial charge in [-0.15, -0.1) is 0 Å². The van der Waals surface area contributed by atoms with E-state index < -0.39 is 19.5 Å². The highest BCUT2D eigenvalue weighted by Crippen LogP contribution is 2.47. The molecule has 0 bridgehead atoms. The Morgan fingerprint density at radius 1 is 1.50 bits per heavy atom. The molecule has 0 aliphatic heterocycles. The van der Waals surface area contributed by atoms with Gasteiger partial charge >= 0.3 is 13.6 Å². The van der Waals surface area contributed by atoms with Gasteiger partial charge in [-0.05, 0) is 0 Å². The van der Waals surface area contributed by atoms with Crippen molar-refractivity contribution in [3.8, 4) is 0 Å². The smallest absolute Gasteiger partial charge is 0.331 e. The average molecular weight is 196 g/mol. The van der Waals surface area contributed by atoms with Crippen LogP contribution in [0, 0.1) is 5.92 Å². The number of carbonyl (C=O) groups is 1. The van der Waals surface area contributed by atoms with Crippen molar-refractivity contribution in [1.29, 1.82) is 0 Å². The van der Waals surface area contributed by atoms with Crippen LogP contribution in [0.3, 0.4) is 0 Å². The van der Waals surface area contributed by atoms with E-state index in [2.05, 4.69) is 9.05 Å². The molecule has 0 amide bonds. The van der Waals surface area contributed by atoms with E-state index in [4.69, 9.17) is 5.11 Å². The second-order valence-electron chi connectivity index (χ2n) is 2.40. The van der Waals surface area contributed by atoms with Crippen LogP contribution in [0.2, 0.25) is 0 Å². The van der Waals surface area contributed by atoms with Crippen molar-refractivity contribution in [3.63, 3.8) is 0 Å². The molecule has 1 unspecified atom stereocenters. The van der Waals surface area contributed by atoms with E-state index >= 15 is 0 Å². The van der Waals surface area contributed by atoms with Crippen LogP contribution in [-0.2, 0) is 18.4 Å². The van der Waals surface area contributed by atoms with Crippen molar-refractivity contribution in [2.75, 3.05) is 20.4 Å². The zero-order chi connectivity index (χ0) is 9.78. The van der Waals surface area contributed by atoms with Crippen LogP contribution in [-0.4, -0.2) is 31.5 Å². The Hall–Kier alpha value is -0.380. The maximum Gasteiger partial charge on any atom is 0.331 e. The molecule has 0 fully saturated rings. The van der Waals surface area contributed by atoms with Crippen LogP contribution >= 0.6 is 7.60 Å². The van der Waals surface area contributed by atoms with Crippen molar-refractivity contribution < 1.29 is 23.5 Å². The first-order chi connectivity index (χ1) is 5.45. The minimum absolute atomic E-state index is 0.102. The van der Waals surface area contributed by atoms with E-state index in [9.17, 15) is 9.36 Å². The SMILES string of the molecule is COP(=O)(CC(C)C(=O)O)OC. The minimum atomic E-state index is -3.17. The largest absolute Gasteiger partial charge is 0.481 e. The van der Waals surface area contributed by atoms with Gasteiger partial charge < -0.3 is 14.2 Å². The number of hydrogen-bond donors (Lipinski definition) is 1. The number of carboxylic acids is 1. The highest BCUT2D eigenvalue weighted by atomic mass is 31.2. The van der Waals surface area contributed by atoms with Gasteiger partial charge in [-0.25, -0.2) is 0 Å². The first kappa shape index (κ1) is 11.6. The van der Waals surface area contributed by atoms with Crippen LogP contribution in [0.1, 0.15) is 6.92 Å². The molecule has 0 aliphatic carbocycles. The Labute approximate surface area is 71.2 Å². The molecule has 6 heteroatoms. The summed E-state index contributed by atoms with van der Waals surface area (Å²) in [5.41, 5.74) is 0. The zero-order valence-corrected chi connectivity index (χ0v) is 8.21. The highest BCUT2D eigenvalue weighted by Gasteiger charge is 2.27. The second-order valence-corrected chi connectivity index (χ2v) is 4.72. The Morgan fingerprint density at radius 3 is 2.17 bits per heavy atom. The predicted octanol–water partition coefficient (Wildman–Crippen LogP) is 1.19. The maximum atomic E-state index is 11.4. The Morgan fingerprint density at radius 2 is 1.92 bits per heavy atom. The molecule has 1 N–H and O–H groups in total. The number of hydrogen-bond acceptors (Lipinski definition) is 4. The molecule has 0 heterocycles. The predicted molar refractivity (Wildman–Crippen MR) is 43.3 cm³/mol. The first-order valence-corrected chi connectivity index (χ1v) is 5.11. The van der Waals surface area contributed by atoms with Crippen molar-refractivity contribution in [2.45, 2.75) is 6.92 Å². The van der Waals surface area contributed by atoms with Crippen molar-refractivity contribution in [3.05, 3.63) is 0 Å². The summed E-state index contributed by atoms with van der Waals surface area (Å²) in [5.74, 6) is -1.74. The molecule has 0 aromatic carbocycles. The van der Waals surface area contributed by atoms with Gasteiger partial charge in [-0.3, -0.25) is 9.36 Å². The monoisotopic (exact) mass is 196 g/mol. The average Bonchev–Trinajstić information content (AvgIpc) is 2.04. The summed E-state index contributed by atoms with van der Waals surface area (Å²) in [5, 5.41) is 8.50. The van der Waals surface area contributed by atoms with E-state index in [-0.39, 0.29) is 6.16 Å². The van der Waals surface area contributed by atoms with Crippen LogP contribution in [0.15, 0.2) is 0 Å². The summed E-state index contributed by atoms with van der Waals surface area (Å²) in [6, 6.07) is 0. The molecule has 0 aromatic rings. The quantitative estimate of drug-likeness (QED) is 0.668. The minimum Gasteiger partial charge on any atom is -0.481 e. The fraction of sp³-hybridized carbons (Fsp3) is 0.833. The lowest BCUT2D eigenvalue weighted by Crippen LogP contribution is -2.15. The number of carboxylic acid groups (broad SMARTS) is 1. The maximum absolute atomic E-state index is 11.4. The van der Waals surface area contributed by atoms with Gasteiger partial charge in [-0.1, -0.05) is 6.92 Å². The highest BCUT2D eigenvalue weighted by molar-refractivity contribution is 7.53. The third-order valence-electron chi connectivity index (χ3n) is 1.48. The molecule has 0 saturated carbocycles.